The van der Waals surface area contributed by atoms with Crippen LogP contribution in [-0.4, -0.2) is 44.3 Å². The van der Waals surface area contributed by atoms with Crippen LogP contribution in [0.1, 0.15) is 43.4 Å². The van der Waals surface area contributed by atoms with Crippen molar-refractivity contribution in [3.63, 3.8) is 0 Å². The van der Waals surface area contributed by atoms with Crippen molar-refractivity contribution in [3.8, 4) is 0 Å². The van der Waals surface area contributed by atoms with Crippen LogP contribution in [0.3, 0.4) is 0 Å². The Morgan fingerprint density at radius 3 is 2.07 bits per heavy atom. The number of benzene rings is 4. The zero-order valence-electron chi connectivity index (χ0n) is 25.7. The molecule has 45 heavy (non-hydrogen) atoms. The number of hydrogen-bond acceptors (Lipinski definition) is 4. The van der Waals surface area contributed by atoms with E-state index in [4.69, 9.17) is 0 Å². The number of rotatable bonds is 15. The first-order valence-electron chi connectivity index (χ1n) is 15.3. The largest absolute Gasteiger partial charge is 0.354 e. The third-order valence-corrected chi connectivity index (χ3v) is 9.39. The van der Waals surface area contributed by atoms with E-state index in [1.54, 1.807) is 42.5 Å². The first-order valence-corrected chi connectivity index (χ1v) is 16.7. The molecule has 0 heterocycles. The van der Waals surface area contributed by atoms with Crippen molar-refractivity contribution in [1.82, 2.24) is 10.2 Å². The van der Waals surface area contributed by atoms with Crippen LogP contribution in [-0.2, 0) is 39.0 Å². The van der Waals surface area contributed by atoms with Gasteiger partial charge in [0.25, 0.3) is 10.0 Å². The molecule has 2 amide bonds. The SMILES string of the molecule is CCCCNC(=O)[C@@H](Cc1ccccc1)N(Cc1ccc(F)cc1)C(=O)CN(c1ccccc1CC)S(=O)(=O)c1ccccc1. The van der Waals surface area contributed by atoms with Gasteiger partial charge in [0.15, 0.2) is 0 Å². The zero-order valence-corrected chi connectivity index (χ0v) is 26.5. The highest BCUT2D eigenvalue weighted by Crippen LogP contribution is 2.28. The second kappa shape index (κ2) is 16.0. The molecule has 236 valence electrons. The number of para-hydroxylation sites is 1. The lowest BCUT2D eigenvalue weighted by Gasteiger charge is -2.34. The third kappa shape index (κ3) is 8.79. The summed E-state index contributed by atoms with van der Waals surface area (Å²) < 4.78 is 43.3. The molecule has 1 N–H and O–H groups in total. The van der Waals surface area contributed by atoms with E-state index < -0.39 is 34.3 Å². The number of amides is 2. The predicted octanol–water partition coefficient (Wildman–Crippen LogP) is 6.14. The molecule has 0 unspecified atom stereocenters. The van der Waals surface area contributed by atoms with E-state index in [0.717, 1.165) is 28.3 Å². The Bertz CT molecular complexity index is 1650. The van der Waals surface area contributed by atoms with Crippen LogP contribution in [0.5, 0.6) is 0 Å². The summed E-state index contributed by atoms with van der Waals surface area (Å²) in [4.78, 5) is 29.8. The summed E-state index contributed by atoms with van der Waals surface area (Å²) in [7, 11) is -4.18. The highest BCUT2D eigenvalue weighted by molar-refractivity contribution is 7.92. The molecule has 0 saturated heterocycles. The van der Waals surface area contributed by atoms with E-state index >= 15 is 0 Å². The highest BCUT2D eigenvalue weighted by atomic mass is 32.2. The summed E-state index contributed by atoms with van der Waals surface area (Å²) in [6.45, 7) is 3.83. The monoisotopic (exact) mass is 629 g/mol. The Morgan fingerprint density at radius 1 is 0.800 bits per heavy atom. The Kier molecular flexibility index (Phi) is 11.9. The van der Waals surface area contributed by atoms with Crippen LogP contribution < -0.4 is 9.62 Å². The first kappa shape index (κ1) is 33.4. The first-order chi connectivity index (χ1) is 21.7. The fourth-order valence-corrected chi connectivity index (χ4v) is 6.61. The van der Waals surface area contributed by atoms with Gasteiger partial charge in [0, 0.05) is 19.5 Å². The maximum atomic E-state index is 14.5. The van der Waals surface area contributed by atoms with Crippen LogP contribution in [0.15, 0.2) is 114 Å². The Morgan fingerprint density at radius 2 is 1.42 bits per heavy atom. The van der Waals surface area contributed by atoms with Gasteiger partial charge in [0.05, 0.1) is 10.6 Å². The van der Waals surface area contributed by atoms with Gasteiger partial charge in [-0.1, -0.05) is 99.1 Å². The summed E-state index contributed by atoms with van der Waals surface area (Å²) in [5.74, 6) is -1.32. The fraction of sp³-hybridized carbons (Fsp3) is 0.278. The number of anilines is 1. The number of nitrogens with zero attached hydrogens (tertiary/aromatic N) is 2. The van der Waals surface area contributed by atoms with Crippen molar-refractivity contribution in [3.05, 3.63) is 132 Å². The second-order valence-corrected chi connectivity index (χ2v) is 12.7. The molecule has 0 bridgehead atoms. The lowest BCUT2D eigenvalue weighted by Crippen LogP contribution is -2.53. The van der Waals surface area contributed by atoms with E-state index in [9.17, 15) is 22.4 Å². The number of sulfonamides is 1. The maximum absolute atomic E-state index is 14.5. The minimum absolute atomic E-state index is 0.0214. The van der Waals surface area contributed by atoms with Gasteiger partial charge in [-0.3, -0.25) is 13.9 Å². The van der Waals surface area contributed by atoms with Crippen LogP contribution in [0, 0.1) is 5.82 Å². The Hall–Kier alpha value is -4.50. The molecule has 9 heteroatoms. The number of hydrogen-bond donors (Lipinski definition) is 1. The van der Waals surface area contributed by atoms with Crippen LogP contribution in [0.4, 0.5) is 10.1 Å². The molecule has 4 rings (SSSR count). The van der Waals surface area contributed by atoms with Gasteiger partial charge >= 0.3 is 0 Å². The Labute approximate surface area is 265 Å². The Balaban J connectivity index is 1.80. The number of halogens is 1. The molecular formula is C36H40FN3O4S. The molecule has 0 saturated carbocycles. The maximum Gasteiger partial charge on any atom is 0.264 e. The van der Waals surface area contributed by atoms with E-state index in [2.05, 4.69) is 5.32 Å². The standard InChI is InChI=1S/C36H40FN3O4S/c1-3-5-24-38-36(42)34(25-28-14-8-6-9-15-28)39(26-29-20-22-31(37)23-21-29)35(41)27-40(33-19-13-12-16-30(33)4-2)45(43,44)32-17-10-7-11-18-32/h6-23,34H,3-5,24-27H2,1-2H3,(H,38,42)/t34-/m1/s1. The predicted molar refractivity (Wildman–Crippen MR) is 176 cm³/mol. The number of nitrogens with one attached hydrogen (secondary N) is 1. The summed E-state index contributed by atoms with van der Waals surface area (Å²) in [5.41, 5.74) is 2.60. The van der Waals surface area contributed by atoms with Gasteiger partial charge in [0.2, 0.25) is 11.8 Å². The summed E-state index contributed by atoms with van der Waals surface area (Å²) >= 11 is 0. The number of carbonyl (C=O) groups is 2. The van der Waals surface area contributed by atoms with Crippen LogP contribution >= 0.6 is 0 Å². The molecule has 0 fully saturated rings. The van der Waals surface area contributed by atoms with Crippen LogP contribution in [0.2, 0.25) is 0 Å². The van der Waals surface area contributed by atoms with Gasteiger partial charge in [-0.2, -0.15) is 0 Å². The fourth-order valence-electron chi connectivity index (χ4n) is 5.13. The molecule has 4 aromatic carbocycles. The number of carbonyl (C=O) groups excluding carboxylic acids is 2. The van der Waals surface area contributed by atoms with Crippen molar-refractivity contribution in [2.24, 2.45) is 0 Å². The number of aryl methyl sites for hydroxylation is 1. The lowest BCUT2D eigenvalue weighted by molar-refractivity contribution is -0.140. The molecule has 0 aliphatic rings. The summed E-state index contributed by atoms with van der Waals surface area (Å²) in [6.07, 6.45) is 2.40. The summed E-state index contributed by atoms with van der Waals surface area (Å²) in [5, 5.41) is 2.97. The van der Waals surface area contributed by atoms with Crippen molar-refractivity contribution in [2.75, 3.05) is 17.4 Å². The molecule has 0 radical (unpaired) electrons. The quantitative estimate of drug-likeness (QED) is 0.160. The van der Waals surface area contributed by atoms with Gasteiger partial charge in [-0.15, -0.1) is 0 Å². The molecule has 4 aromatic rings. The van der Waals surface area contributed by atoms with E-state index in [0.29, 0.717) is 24.2 Å². The smallest absolute Gasteiger partial charge is 0.264 e. The average molecular weight is 630 g/mol. The average Bonchev–Trinajstić information content (AvgIpc) is 3.06. The minimum Gasteiger partial charge on any atom is -0.354 e. The molecular weight excluding hydrogens is 589 g/mol. The summed E-state index contributed by atoms with van der Waals surface area (Å²) in [6, 6.07) is 29.2. The molecule has 0 aliphatic heterocycles. The molecule has 0 aromatic heterocycles. The van der Waals surface area contributed by atoms with Crippen molar-refractivity contribution >= 4 is 27.5 Å². The third-order valence-electron chi connectivity index (χ3n) is 7.62. The van der Waals surface area contributed by atoms with E-state index in [1.165, 1.54) is 29.2 Å². The molecule has 0 aliphatic carbocycles. The van der Waals surface area contributed by atoms with Crippen molar-refractivity contribution in [2.45, 2.75) is 57.0 Å². The lowest BCUT2D eigenvalue weighted by atomic mass is 10.0. The van der Waals surface area contributed by atoms with E-state index in [1.807, 2.05) is 56.3 Å². The zero-order chi connectivity index (χ0) is 32.2. The highest BCUT2D eigenvalue weighted by Gasteiger charge is 2.35. The van der Waals surface area contributed by atoms with Crippen LogP contribution in [0.25, 0.3) is 0 Å². The van der Waals surface area contributed by atoms with Gasteiger partial charge in [0.1, 0.15) is 18.4 Å². The topological polar surface area (TPSA) is 86.8 Å². The molecule has 1 atom stereocenters. The van der Waals surface area contributed by atoms with Gasteiger partial charge < -0.3 is 10.2 Å². The second-order valence-electron chi connectivity index (χ2n) is 10.8. The van der Waals surface area contributed by atoms with E-state index in [-0.39, 0.29) is 23.8 Å². The van der Waals surface area contributed by atoms with Gasteiger partial charge in [-0.25, -0.2) is 12.8 Å². The van der Waals surface area contributed by atoms with Crippen molar-refractivity contribution < 1.29 is 22.4 Å². The van der Waals surface area contributed by atoms with Crippen molar-refractivity contribution in [1.29, 1.82) is 0 Å². The molecule has 0 spiro atoms. The normalized spacial score (nSPS) is 11.9. The number of unbranched alkanes of at least 4 members (excludes halogenated alkanes) is 1. The van der Waals surface area contributed by atoms with Gasteiger partial charge in [-0.05, 0) is 59.9 Å². The molecule has 7 nitrogen and oxygen atoms in total. The minimum atomic E-state index is -4.18.